The van der Waals surface area contributed by atoms with E-state index in [1.165, 1.54) is 44.9 Å². The quantitative estimate of drug-likeness (QED) is 0.318. The van der Waals surface area contributed by atoms with Gasteiger partial charge in [-0.05, 0) is 92.6 Å². The molecule has 0 aliphatic heterocycles. The third kappa shape index (κ3) is 7.30. The van der Waals surface area contributed by atoms with Crippen molar-refractivity contribution in [2.24, 2.45) is 29.6 Å². The van der Waals surface area contributed by atoms with Gasteiger partial charge < -0.3 is 4.74 Å². The number of hydrogen-bond donors (Lipinski definition) is 0. The fourth-order valence-corrected chi connectivity index (χ4v) is 6.23. The number of benzene rings is 1. The molecule has 1 aromatic carbocycles. The molecule has 2 atom stereocenters. The first kappa shape index (κ1) is 26.2. The Morgan fingerprint density at radius 1 is 0.857 bits per heavy atom. The first-order chi connectivity index (χ1) is 17.0. The van der Waals surface area contributed by atoms with Gasteiger partial charge in [0.05, 0.1) is 6.61 Å². The average molecular weight is 483 g/mol. The van der Waals surface area contributed by atoms with E-state index in [9.17, 15) is 8.78 Å². The van der Waals surface area contributed by atoms with Crippen molar-refractivity contribution in [1.29, 1.82) is 0 Å². The smallest absolute Gasteiger partial charge is 0.200 e. The van der Waals surface area contributed by atoms with E-state index in [0.29, 0.717) is 29.9 Å². The van der Waals surface area contributed by atoms with Gasteiger partial charge in [-0.15, -0.1) is 6.58 Å². The lowest BCUT2D eigenvalue weighted by atomic mass is 9.80. The van der Waals surface area contributed by atoms with E-state index in [4.69, 9.17) is 4.74 Å². The fourth-order valence-electron chi connectivity index (χ4n) is 6.23. The molecule has 0 aromatic heterocycles. The Bertz CT molecular complexity index is 872. The first-order valence-corrected chi connectivity index (χ1v) is 14.1. The molecule has 0 spiro atoms. The van der Waals surface area contributed by atoms with Gasteiger partial charge in [-0.2, -0.15) is 4.39 Å². The summed E-state index contributed by atoms with van der Waals surface area (Å²) < 4.78 is 35.6. The summed E-state index contributed by atoms with van der Waals surface area (Å²) >= 11 is 0. The van der Waals surface area contributed by atoms with E-state index in [2.05, 4.69) is 37.8 Å². The van der Waals surface area contributed by atoms with Gasteiger partial charge in [-0.25, -0.2) is 4.39 Å². The summed E-state index contributed by atoms with van der Waals surface area (Å²) in [6.07, 6.45) is 25.0. The molecule has 3 aliphatic carbocycles. The largest absolute Gasteiger partial charge is 0.490 e. The summed E-state index contributed by atoms with van der Waals surface area (Å²) in [4.78, 5) is 0. The van der Waals surface area contributed by atoms with Gasteiger partial charge in [0.1, 0.15) is 0 Å². The summed E-state index contributed by atoms with van der Waals surface area (Å²) in [5.41, 5.74) is 0.456. The molecule has 0 bridgehead atoms. The van der Waals surface area contributed by atoms with Crippen LogP contribution in [0.25, 0.3) is 0 Å². The molecule has 0 amide bonds. The van der Waals surface area contributed by atoms with E-state index in [1.807, 2.05) is 6.08 Å². The van der Waals surface area contributed by atoms with Crippen molar-refractivity contribution in [1.82, 2.24) is 0 Å². The second-order valence-corrected chi connectivity index (χ2v) is 11.5. The predicted molar refractivity (Wildman–Crippen MR) is 142 cm³/mol. The van der Waals surface area contributed by atoms with Gasteiger partial charge in [0.2, 0.25) is 5.82 Å². The molecule has 2 fully saturated rings. The van der Waals surface area contributed by atoms with Gasteiger partial charge in [0.25, 0.3) is 0 Å². The number of allylic oxidation sites excluding steroid dienone is 5. The van der Waals surface area contributed by atoms with Crippen LogP contribution in [-0.2, 0) is 0 Å². The number of rotatable bonds is 9. The molecule has 0 radical (unpaired) electrons. The van der Waals surface area contributed by atoms with Crippen LogP contribution in [0.15, 0.2) is 49.1 Å². The van der Waals surface area contributed by atoms with Crippen molar-refractivity contribution in [2.45, 2.75) is 89.9 Å². The highest BCUT2D eigenvalue weighted by atomic mass is 19.2. The maximum Gasteiger partial charge on any atom is 0.200 e. The van der Waals surface area contributed by atoms with Gasteiger partial charge >= 0.3 is 0 Å². The fraction of sp³-hybridized carbons (Fsp3) is 0.625. The van der Waals surface area contributed by atoms with Crippen LogP contribution in [0, 0.1) is 41.2 Å². The van der Waals surface area contributed by atoms with Crippen LogP contribution in [0.4, 0.5) is 8.78 Å². The van der Waals surface area contributed by atoms with E-state index in [-0.39, 0.29) is 11.7 Å². The van der Waals surface area contributed by atoms with Crippen LogP contribution >= 0.6 is 0 Å². The van der Waals surface area contributed by atoms with Crippen LogP contribution < -0.4 is 4.74 Å². The summed E-state index contributed by atoms with van der Waals surface area (Å²) in [5, 5.41) is 0. The highest BCUT2D eigenvalue weighted by molar-refractivity contribution is 5.35. The molecule has 2 saturated carbocycles. The number of hydrogen-bond acceptors (Lipinski definition) is 1. The maximum absolute atomic E-state index is 15.0. The second-order valence-electron chi connectivity index (χ2n) is 11.5. The van der Waals surface area contributed by atoms with Gasteiger partial charge in [-0.3, -0.25) is 0 Å². The Hall–Kier alpha value is -1.90. The first-order valence-electron chi connectivity index (χ1n) is 14.1. The minimum Gasteiger partial charge on any atom is -0.490 e. The molecule has 1 aromatic rings. The zero-order chi connectivity index (χ0) is 24.6. The van der Waals surface area contributed by atoms with Crippen LogP contribution in [0.5, 0.6) is 5.75 Å². The molecule has 192 valence electrons. The van der Waals surface area contributed by atoms with Crippen LogP contribution in [0.2, 0.25) is 0 Å². The van der Waals surface area contributed by atoms with Gasteiger partial charge in [0, 0.05) is 5.92 Å². The van der Waals surface area contributed by atoms with Crippen LogP contribution in [0.1, 0.15) is 95.5 Å². The number of halogens is 2. The van der Waals surface area contributed by atoms with Crippen LogP contribution in [0.3, 0.4) is 0 Å². The normalized spacial score (nSPS) is 31.5. The zero-order valence-corrected chi connectivity index (χ0v) is 21.6. The summed E-state index contributed by atoms with van der Waals surface area (Å²) in [6.45, 7) is 6.63. The molecule has 0 saturated heterocycles. The van der Waals surface area contributed by atoms with Crippen molar-refractivity contribution in [3.63, 3.8) is 0 Å². The minimum atomic E-state index is -0.830. The molecular weight excluding hydrogens is 438 g/mol. The Morgan fingerprint density at radius 2 is 1.60 bits per heavy atom. The van der Waals surface area contributed by atoms with Crippen molar-refractivity contribution in [3.8, 4) is 5.75 Å². The lowest BCUT2D eigenvalue weighted by molar-refractivity contribution is 0.174. The van der Waals surface area contributed by atoms with E-state index in [0.717, 1.165) is 43.9 Å². The third-order valence-electron chi connectivity index (χ3n) is 8.79. The van der Waals surface area contributed by atoms with E-state index >= 15 is 0 Å². The van der Waals surface area contributed by atoms with Crippen molar-refractivity contribution < 1.29 is 13.5 Å². The van der Waals surface area contributed by atoms with Gasteiger partial charge in [-0.1, -0.05) is 69.1 Å². The summed E-state index contributed by atoms with van der Waals surface area (Å²) in [7, 11) is 0. The Balaban J connectivity index is 1.27. The van der Waals surface area contributed by atoms with Crippen molar-refractivity contribution in [2.75, 3.05) is 6.61 Å². The molecular formula is C32H44F2O. The monoisotopic (exact) mass is 482 g/mol. The molecule has 2 unspecified atom stereocenters. The molecule has 3 aliphatic rings. The minimum absolute atomic E-state index is 0.0578. The SMILES string of the molecule is C=CCCC1CCC(COc2ccc(C3C=CC(/C=C/C4CCC(C)CC4)CC3)c(F)c2F)CC1. The third-order valence-corrected chi connectivity index (χ3v) is 8.79. The molecule has 1 nitrogen and oxygen atoms in total. The summed E-state index contributed by atoms with van der Waals surface area (Å²) in [5.74, 6) is 1.62. The molecule has 3 heteroatoms. The molecule has 0 N–H and O–H groups in total. The lowest BCUT2D eigenvalue weighted by Crippen LogP contribution is -2.20. The number of ether oxygens (including phenoxy) is 1. The Kier molecular flexibility index (Phi) is 9.63. The molecule has 4 rings (SSSR count). The maximum atomic E-state index is 15.0. The lowest BCUT2D eigenvalue weighted by Gasteiger charge is -2.28. The second kappa shape index (κ2) is 12.9. The van der Waals surface area contributed by atoms with Crippen molar-refractivity contribution >= 4 is 0 Å². The molecule has 0 heterocycles. The van der Waals surface area contributed by atoms with Crippen LogP contribution in [-0.4, -0.2) is 6.61 Å². The highest BCUT2D eigenvalue weighted by Gasteiger charge is 2.25. The Morgan fingerprint density at radius 3 is 2.29 bits per heavy atom. The standard InChI is InChI=1S/C32H44F2O/c1-3-4-5-24-12-14-27(15-13-24)22-35-30-21-20-29(31(33)32(30)34)28-18-16-26(17-19-28)11-10-25-8-6-23(2)7-9-25/h3,10-11,16,18,20-21,23-28H,1,4-9,12-15,17,19,22H2,2H3/b11-10+. The van der Waals surface area contributed by atoms with Crippen molar-refractivity contribution in [3.05, 3.63) is 66.3 Å². The average Bonchev–Trinajstić information content (AvgIpc) is 2.89. The Labute approximate surface area is 211 Å². The predicted octanol–water partition coefficient (Wildman–Crippen LogP) is 9.55. The highest BCUT2D eigenvalue weighted by Crippen LogP contribution is 2.37. The molecule has 35 heavy (non-hydrogen) atoms. The van der Waals surface area contributed by atoms with Gasteiger partial charge in [0.15, 0.2) is 11.6 Å². The summed E-state index contributed by atoms with van der Waals surface area (Å²) in [6, 6.07) is 3.36. The zero-order valence-electron chi connectivity index (χ0n) is 21.6. The van der Waals surface area contributed by atoms with E-state index in [1.54, 1.807) is 12.1 Å². The van der Waals surface area contributed by atoms with E-state index < -0.39 is 11.6 Å². The topological polar surface area (TPSA) is 9.23 Å².